The first-order valence-corrected chi connectivity index (χ1v) is 7.36. The van der Waals surface area contributed by atoms with Gasteiger partial charge in [0.1, 0.15) is 5.82 Å². The molecule has 19 heavy (non-hydrogen) atoms. The highest BCUT2D eigenvalue weighted by Crippen LogP contribution is 2.21. The van der Waals surface area contributed by atoms with Gasteiger partial charge in [0.2, 0.25) is 0 Å². The van der Waals surface area contributed by atoms with E-state index in [1.807, 2.05) is 6.20 Å². The van der Waals surface area contributed by atoms with Crippen LogP contribution in [-0.2, 0) is 6.54 Å². The Morgan fingerprint density at radius 3 is 2.53 bits per heavy atom. The van der Waals surface area contributed by atoms with E-state index in [1.165, 1.54) is 17.5 Å². The van der Waals surface area contributed by atoms with Gasteiger partial charge in [-0.3, -0.25) is 0 Å². The standard InChI is InChI=1S/C16H29N3/c1-7-8-17-10-15-9-13(4)16(18-11-15)19(6)14(5)12(2)3/h9,11-12,14,17H,7-8,10H2,1-6H3. The fraction of sp³-hybridized carbons (Fsp3) is 0.688. The zero-order valence-corrected chi connectivity index (χ0v) is 13.3. The molecule has 0 aliphatic carbocycles. The third kappa shape index (κ3) is 4.50. The van der Waals surface area contributed by atoms with Gasteiger partial charge >= 0.3 is 0 Å². The minimum Gasteiger partial charge on any atom is -0.357 e. The van der Waals surface area contributed by atoms with Gasteiger partial charge in [0.05, 0.1) is 0 Å². The van der Waals surface area contributed by atoms with Gasteiger partial charge in [0, 0.05) is 25.8 Å². The van der Waals surface area contributed by atoms with E-state index in [0.29, 0.717) is 12.0 Å². The Morgan fingerprint density at radius 1 is 1.32 bits per heavy atom. The van der Waals surface area contributed by atoms with Crippen molar-refractivity contribution in [3.8, 4) is 0 Å². The first-order chi connectivity index (χ1) is 8.97. The molecule has 0 amide bonds. The van der Waals surface area contributed by atoms with Crippen molar-refractivity contribution in [3.63, 3.8) is 0 Å². The SMILES string of the molecule is CCCNCc1cnc(N(C)C(C)C(C)C)c(C)c1. The van der Waals surface area contributed by atoms with Crippen LogP contribution in [-0.4, -0.2) is 24.6 Å². The number of anilines is 1. The van der Waals surface area contributed by atoms with Crippen LogP contribution in [0.15, 0.2) is 12.3 Å². The van der Waals surface area contributed by atoms with Crippen LogP contribution in [0.4, 0.5) is 5.82 Å². The summed E-state index contributed by atoms with van der Waals surface area (Å²) in [5.74, 6) is 1.72. The van der Waals surface area contributed by atoms with Crippen molar-refractivity contribution < 1.29 is 0 Å². The molecule has 0 saturated heterocycles. The second-order valence-corrected chi connectivity index (χ2v) is 5.76. The Balaban J connectivity index is 2.76. The first kappa shape index (κ1) is 16.0. The van der Waals surface area contributed by atoms with Crippen LogP contribution in [0.1, 0.15) is 45.2 Å². The van der Waals surface area contributed by atoms with Gasteiger partial charge in [-0.25, -0.2) is 4.98 Å². The minimum absolute atomic E-state index is 0.496. The average Bonchev–Trinajstić information content (AvgIpc) is 2.37. The summed E-state index contributed by atoms with van der Waals surface area (Å²) in [6.07, 6.45) is 3.16. The zero-order chi connectivity index (χ0) is 14.4. The fourth-order valence-electron chi connectivity index (χ4n) is 2.14. The Labute approximate surface area is 118 Å². The highest BCUT2D eigenvalue weighted by atomic mass is 15.2. The van der Waals surface area contributed by atoms with Crippen LogP contribution in [0.5, 0.6) is 0 Å². The number of aromatic nitrogens is 1. The number of nitrogens with zero attached hydrogens (tertiary/aromatic N) is 2. The maximum atomic E-state index is 4.65. The average molecular weight is 263 g/mol. The molecule has 1 atom stereocenters. The number of aryl methyl sites for hydroxylation is 1. The molecule has 0 aromatic carbocycles. The molecule has 1 heterocycles. The van der Waals surface area contributed by atoms with Crippen LogP contribution < -0.4 is 10.2 Å². The van der Waals surface area contributed by atoms with E-state index in [9.17, 15) is 0 Å². The van der Waals surface area contributed by atoms with Gasteiger partial charge in [-0.15, -0.1) is 0 Å². The van der Waals surface area contributed by atoms with E-state index in [0.717, 1.165) is 18.9 Å². The van der Waals surface area contributed by atoms with Crippen molar-refractivity contribution in [3.05, 3.63) is 23.4 Å². The van der Waals surface area contributed by atoms with E-state index < -0.39 is 0 Å². The summed E-state index contributed by atoms with van der Waals surface area (Å²) >= 11 is 0. The molecule has 1 rings (SSSR count). The molecule has 0 bridgehead atoms. The lowest BCUT2D eigenvalue weighted by Gasteiger charge is -2.30. The lowest BCUT2D eigenvalue weighted by Crippen LogP contribution is -2.34. The molecule has 1 aromatic heterocycles. The van der Waals surface area contributed by atoms with Crippen molar-refractivity contribution in [2.75, 3.05) is 18.5 Å². The second-order valence-electron chi connectivity index (χ2n) is 5.76. The molecule has 3 nitrogen and oxygen atoms in total. The van der Waals surface area contributed by atoms with Gasteiger partial charge in [0.15, 0.2) is 0 Å². The Hall–Kier alpha value is -1.09. The summed E-state index contributed by atoms with van der Waals surface area (Å²) in [5.41, 5.74) is 2.52. The van der Waals surface area contributed by atoms with E-state index in [4.69, 9.17) is 0 Å². The Morgan fingerprint density at radius 2 is 2.00 bits per heavy atom. The van der Waals surface area contributed by atoms with Crippen molar-refractivity contribution >= 4 is 5.82 Å². The molecule has 108 valence electrons. The predicted octanol–water partition coefficient (Wildman–Crippen LogP) is 3.37. The molecule has 3 heteroatoms. The Bertz CT molecular complexity index is 388. The second kappa shape index (κ2) is 7.49. The fourth-order valence-corrected chi connectivity index (χ4v) is 2.14. The van der Waals surface area contributed by atoms with Crippen LogP contribution in [0.2, 0.25) is 0 Å². The molecule has 0 aliphatic rings. The number of hydrogen-bond donors (Lipinski definition) is 1. The number of hydrogen-bond acceptors (Lipinski definition) is 3. The van der Waals surface area contributed by atoms with Gasteiger partial charge in [-0.1, -0.05) is 20.8 Å². The van der Waals surface area contributed by atoms with Crippen molar-refractivity contribution in [1.29, 1.82) is 0 Å². The summed E-state index contributed by atoms with van der Waals surface area (Å²) < 4.78 is 0. The molecular formula is C16H29N3. The number of pyridine rings is 1. The van der Waals surface area contributed by atoms with E-state index in [2.05, 4.69) is 62.9 Å². The van der Waals surface area contributed by atoms with Gasteiger partial charge in [-0.05, 0) is 49.9 Å². The van der Waals surface area contributed by atoms with Crippen LogP contribution in [0.25, 0.3) is 0 Å². The van der Waals surface area contributed by atoms with Crippen LogP contribution in [0.3, 0.4) is 0 Å². The predicted molar refractivity (Wildman–Crippen MR) is 83.7 cm³/mol. The third-order valence-corrected chi connectivity index (χ3v) is 3.77. The smallest absolute Gasteiger partial charge is 0.131 e. The Kier molecular flexibility index (Phi) is 6.29. The minimum atomic E-state index is 0.496. The van der Waals surface area contributed by atoms with Crippen molar-refractivity contribution in [2.45, 2.75) is 53.6 Å². The van der Waals surface area contributed by atoms with Crippen LogP contribution >= 0.6 is 0 Å². The highest BCUT2D eigenvalue weighted by Gasteiger charge is 2.16. The molecule has 0 spiro atoms. The topological polar surface area (TPSA) is 28.2 Å². The van der Waals surface area contributed by atoms with Gasteiger partial charge in [0.25, 0.3) is 0 Å². The number of rotatable bonds is 7. The van der Waals surface area contributed by atoms with Crippen LogP contribution in [0, 0.1) is 12.8 Å². The number of nitrogens with one attached hydrogen (secondary N) is 1. The molecule has 0 aliphatic heterocycles. The van der Waals surface area contributed by atoms with Crippen molar-refractivity contribution in [2.24, 2.45) is 5.92 Å². The van der Waals surface area contributed by atoms with Gasteiger partial charge < -0.3 is 10.2 Å². The largest absolute Gasteiger partial charge is 0.357 e. The quantitative estimate of drug-likeness (QED) is 0.765. The molecular weight excluding hydrogens is 234 g/mol. The van der Waals surface area contributed by atoms with E-state index in [1.54, 1.807) is 0 Å². The lowest BCUT2D eigenvalue weighted by molar-refractivity contribution is 0.502. The first-order valence-electron chi connectivity index (χ1n) is 7.36. The summed E-state index contributed by atoms with van der Waals surface area (Å²) in [4.78, 5) is 6.93. The molecule has 1 N–H and O–H groups in total. The van der Waals surface area contributed by atoms with E-state index >= 15 is 0 Å². The van der Waals surface area contributed by atoms with E-state index in [-0.39, 0.29) is 0 Å². The molecule has 1 unspecified atom stereocenters. The van der Waals surface area contributed by atoms with Gasteiger partial charge in [-0.2, -0.15) is 0 Å². The molecule has 0 fully saturated rings. The summed E-state index contributed by atoms with van der Waals surface area (Å²) in [5, 5.41) is 3.41. The summed E-state index contributed by atoms with van der Waals surface area (Å²) in [7, 11) is 2.13. The maximum absolute atomic E-state index is 4.65. The molecule has 0 radical (unpaired) electrons. The lowest BCUT2D eigenvalue weighted by atomic mass is 10.0. The zero-order valence-electron chi connectivity index (χ0n) is 13.3. The summed E-state index contributed by atoms with van der Waals surface area (Å²) in [6.45, 7) is 13.1. The monoisotopic (exact) mass is 263 g/mol. The molecule has 0 saturated carbocycles. The molecule has 1 aromatic rings. The highest BCUT2D eigenvalue weighted by molar-refractivity contribution is 5.47. The summed E-state index contributed by atoms with van der Waals surface area (Å²) in [6, 6.07) is 2.74. The third-order valence-electron chi connectivity index (χ3n) is 3.77. The normalized spacial score (nSPS) is 12.8. The van der Waals surface area contributed by atoms with Crippen molar-refractivity contribution in [1.82, 2.24) is 10.3 Å². The maximum Gasteiger partial charge on any atom is 0.131 e.